The zero-order valence-electron chi connectivity index (χ0n) is 23.3. The van der Waals surface area contributed by atoms with Gasteiger partial charge < -0.3 is 24.1 Å². The van der Waals surface area contributed by atoms with Gasteiger partial charge in [0.05, 0.1) is 16.8 Å². The molecule has 2 fully saturated rings. The number of hydrogen-bond donors (Lipinski definition) is 1. The van der Waals surface area contributed by atoms with Crippen LogP contribution in [-0.2, 0) is 14.0 Å². The number of para-hydroxylation sites is 1. The fourth-order valence-electron chi connectivity index (χ4n) is 4.71. The second kappa shape index (κ2) is 9.02. The molecule has 3 aromatic carbocycles. The summed E-state index contributed by atoms with van der Waals surface area (Å²) in [6.07, 6.45) is 0. The molecule has 3 aromatic rings. The molecule has 0 aliphatic carbocycles. The number of benzene rings is 3. The SMILES string of the molecule is CC1(C)NB(c2ccc(N(c3ccccc3)c3ccc(B4OC(C)(C)C(C)(C)O4)cc3)cc2)OC1(C)C. The highest BCUT2D eigenvalue weighted by Crippen LogP contribution is 2.38. The molecule has 5 nitrogen and oxygen atoms in total. The molecule has 0 amide bonds. The molecule has 192 valence electrons. The van der Waals surface area contributed by atoms with E-state index in [1.54, 1.807) is 0 Å². The van der Waals surface area contributed by atoms with E-state index < -0.39 is 0 Å². The summed E-state index contributed by atoms with van der Waals surface area (Å²) in [6.45, 7) is 17.0. The molecule has 1 N–H and O–H groups in total. The summed E-state index contributed by atoms with van der Waals surface area (Å²) in [5.74, 6) is 0. The third-order valence-corrected chi connectivity index (χ3v) is 8.55. The molecule has 5 rings (SSSR count). The van der Waals surface area contributed by atoms with Crippen molar-refractivity contribution < 1.29 is 14.0 Å². The van der Waals surface area contributed by atoms with E-state index in [4.69, 9.17) is 14.0 Å². The fourth-order valence-corrected chi connectivity index (χ4v) is 4.71. The maximum atomic E-state index is 6.36. The summed E-state index contributed by atoms with van der Waals surface area (Å²) in [4.78, 5) is 2.26. The van der Waals surface area contributed by atoms with Crippen molar-refractivity contribution in [3.63, 3.8) is 0 Å². The minimum atomic E-state index is -0.379. The lowest BCUT2D eigenvalue weighted by Gasteiger charge is -2.33. The first-order valence-corrected chi connectivity index (χ1v) is 13.2. The van der Waals surface area contributed by atoms with Crippen molar-refractivity contribution in [2.24, 2.45) is 0 Å². The minimum absolute atomic E-state index is 0.120. The van der Waals surface area contributed by atoms with E-state index >= 15 is 0 Å². The van der Waals surface area contributed by atoms with E-state index in [-0.39, 0.29) is 36.5 Å². The average molecular weight is 496 g/mol. The van der Waals surface area contributed by atoms with Gasteiger partial charge in [-0.05, 0) is 103 Å². The second-order valence-corrected chi connectivity index (χ2v) is 12.2. The Morgan fingerprint density at radius 3 is 1.46 bits per heavy atom. The van der Waals surface area contributed by atoms with E-state index in [1.807, 2.05) is 6.07 Å². The van der Waals surface area contributed by atoms with Gasteiger partial charge in [0, 0.05) is 22.6 Å². The van der Waals surface area contributed by atoms with Crippen molar-refractivity contribution in [3.05, 3.63) is 78.9 Å². The van der Waals surface area contributed by atoms with Crippen LogP contribution in [0.1, 0.15) is 55.4 Å². The standard InChI is InChI=1S/C30H38B2N2O3/c1-27(2)28(3,4)35-31(33-27)22-14-18-25(19-15-22)34(24-12-10-9-11-13-24)26-20-16-23(17-21-26)32-36-29(5,6)30(7,8)37-32/h9-21,33H,1-8H3. The van der Waals surface area contributed by atoms with E-state index in [9.17, 15) is 0 Å². The molecule has 0 atom stereocenters. The molecule has 0 bridgehead atoms. The zero-order valence-corrected chi connectivity index (χ0v) is 23.3. The van der Waals surface area contributed by atoms with Gasteiger partial charge in [-0.1, -0.05) is 42.5 Å². The van der Waals surface area contributed by atoms with Crippen LogP contribution >= 0.6 is 0 Å². The molecular formula is C30H38B2N2O3. The van der Waals surface area contributed by atoms with Crippen molar-refractivity contribution in [2.45, 2.75) is 77.7 Å². The molecule has 2 saturated heterocycles. The number of rotatable bonds is 5. The van der Waals surface area contributed by atoms with Crippen LogP contribution in [0.15, 0.2) is 78.9 Å². The summed E-state index contributed by atoms with van der Waals surface area (Å²) in [5.41, 5.74) is 4.26. The predicted molar refractivity (Wildman–Crippen MR) is 155 cm³/mol. The minimum Gasteiger partial charge on any atom is -0.411 e. The Kier molecular flexibility index (Phi) is 6.35. The smallest absolute Gasteiger partial charge is 0.411 e. The topological polar surface area (TPSA) is 43.0 Å². The van der Waals surface area contributed by atoms with E-state index in [1.165, 1.54) is 0 Å². The Morgan fingerprint density at radius 1 is 0.541 bits per heavy atom. The van der Waals surface area contributed by atoms with Crippen LogP contribution in [0.5, 0.6) is 0 Å². The van der Waals surface area contributed by atoms with Gasteiger partial charge in [-0.2, -0.15) is 0 Å². The normalized spacial score (nSPS) is 21.3. The molecule has 0 spiro atoms. The summed E-state index contributed by atoms with van der Waals surface area (Å²) < 4.78 is 18.9. The average Bonchev–Trinajstić information content (AvgIpc) is 3.20. The summed E-state index contributed by atoms with van der Waals surface area (Å²) in [6, 6.07) is 27.5. The molecule has 2 aliphatic rings. The fraction of sp³-hybridized carbons (Fsp3) is 0.400. The first kappa shape index (κ1) is 26.1. The lowest BCUT2D eigenvalue weighted by Crippen LogP contribution is -2.51. The third-order valence-electron chi connectivity index (χ3n) is 8.55. The van der Waals surface area contributed by atoms with Crippen molar-refractivity contribution in [1.29, 1.82) is 0 Å². The van der Waals surface area contributed by atoms with Crippen molar-refractivity contribution in [1.82, 2.24) is 5.23 Å². The predicted octanol–water partition coefficient (Wildman–Crippen LogP) is 5.33. The molecule has 2 aliphatic heterocycles. The van der Waals surface area contributed by atoms with Crippen LogP contribution in [0.25, 0.3) is 0 Å². The quantitative estimate of drug-likeness (QED) is 0.484. The largest absolute Gasteiger partial charge is 0.494 e. The van der Waals surface area contributed by atoms with Crippen molar-refractivity contribution in [3.8, 4) is 0 Å². The van der Waals surface area contributed by atoms with Crippen LogP contribution in [0.4, 0.5) is 17.1 Å². The van der Waals surface area contributed by atoms with E-state index in [2.05, 4.69) is 138 Å². The van der Waals surface area contributed by atoms with Gasteiger partial charge in [0.15, 0.2) is 0 Å². The van der Waals surface area contributed by atoms with Gasteiger partial charge in [0.1, 0.15) is 0 Å². The molecule has 0 aromatic heterocycles. The molecule has 0 radical (unpaired) electrons. The molecular weight excluding hydrogens is 458 g/mol. The Balaban J connectivity index is 1.43. The summed E-state index contributed by atoms with van der Waals surface area (Å²) in [5, 5.41) is 3.63. The van der Waals surface area contributed by atoms with Crippen molar-refractivity contribution in [2.75, 3.05) is 4.90 Å². The van der Waals surface area contributed by atoms with Crippen LogP contribution in [0, 0.1) is 0 Å². The Labute approximate surface area is 222 Å². The van der Waals surface area contributed by atoms with Crippen molar-refractivity contribution >= 4 is 42.2 Å². The van der Waals surface area contributed by atoms with Gasteiger partial charge in [-0.3, -0.25) is 0 Å². The van der Waals surface area contributed by atoms with Crippen LogP contribution in [-0.4, -0.2) is 36.5 Å². The monoisotopic (exact) mass is 496 g/mol. The Hall–Kier alpha value is -2.57. The highest BCUT2D eigenvalue weighted by molar-refractivity contribution is 6.66. The molecule has 0 saturated carbocycles. The van der Waals surface area contributed by atoms with Gasteiger partial charge in [0.2, 0.25) is 0 Å². The third kappa shape index (κ3) is 4.74. The highest BCUT2D eigenvalue weighted by atomic mass is 16.7. The molecule has 37 heavy (non-hydrogen) atoms. The first-order valence-electron chi connectivity index (χ1n) is 13.2. The summed E-state index contributed by atoms with van der Waals surface area (Å²) >= 11 is 0. The lowest BCUT2D eigenvalue weighted by atomic mass is 9.73. The Morgan fingerprint density at radius 2 is 1.00 bits per heavy atom. The number of nitrogens with one attached hydrogen (secondary N) is 1. The number of hydrogen-bond acceptors (Lipinski definition) is 5. The van der Waals surface area contributed by atoms with Gasteiger partial charge in [-0.15, -0.1) is 0 Å². The maximum Gasteiger partial charge on any atom is 0.494 e. The maximum absolute atomic E-state index is 6.36. The van der Waals surface area contributed by atoms with E-state index in [0.717, 1.165) is 28.0 Å². The highest BCUT2D eigenvalue weighted by Gasteiger charge is 2.52. The lowest BCUT2D eigenvalue weighted by molar-refractivity contribution is 0.00578. The van der Waals surface area contributed by atoms with Gasteiger partial charge in [0.25, 0.3) is 0 Å². The molecule has 2 heterocycles. The Bertz CT molecular complexity index is 1130. The van der Waals surface area contributed by atoms with Gasteiger partial charge >= 0.3 is 14.2 Å². The van der Waals surface area contributed by atoms with Crippen LogP contribution in [0.3, 0.4) is 0 Å². The second-order valence-electron chi connectivity index (χ2n) is 12.2. The molecule has 0 unspecified atom stereocenters. The van der Waals surface area contributed by atoms with Crippen LogP contribution < -0.4 is 21.1 Å². The zero-order chi connectivity index (χ0) is 26.6. The van der Waals surface area contributed by atoms with E-state index in [0.29, 0.717) is 0 Å². The number of nitrogens with zero attached hydrogens (tertiary/aromatic N) is 1. The molecule has 7 heteroatoms. The first-order chi connectivity index (χ1) is 17.3. The number of anilines is 3. The summed E-state index contributed by atoms with van der Waals surface area (Å²) in [7, 11) is -0.514. The van der Waals surface area contributed by atoms with Gasteiger partial charge in [-0.25, -0.2) is 0 Å². The van der Waals surface area contributed by atoms with Crippen LogP contribution in [0.2, 0.25) is 0 Å².